The van der Waals surface area contributed by atoms with Gasteiger partial charge in [-0.3, -0.25) is 14.3 Å². The minimum Gasteiger partial charge on any atom is -0.394 e. The summed E-state index contributed by atoms with van der Waals surface area (Å²) in [5.74, 6) is 0.321. The smallest absolute Gasteiger partial charge is 0.327 e. The predicted octanol–water partition coefficient (Wildman–Crippen LogP) is 1.75. The molecule has 1 amide bonds. The van der Waals surface area contributed by atoms with E-state index in [-0.39, 0.29) is 35.9 Å². The Morgan fingerprint density at radius 1 is 1.36 bits per heavy atom. The number of pyridine rings is 1. The molecule has 1 unspecified atom stereocenters. The number of rotatable bonds is 6. The van der Waals surface area contributed by atoms with Crippen LogP contribution in [0.2, 0.25) is 0 Å². The number of aliphatic imine (C=N–C) groups is 1. The van der Waals surface area contributed by atoms with Gasteiger partial charge in [-0.1, -0.05) is 6.58 Å². The van der Waals surface area contributed by atoms with Crippen molar-refractivity contribution in [1.82, 2.24) is 24.3 Å². The van der Waals surface area contributed by atoms with E-state index in [1.807, 2.05) is 22.4 Å². The summed E-state index contributed by atoms with van der Waals surface area (Å²) in [6.45, 7) is 5.64. The van der Waals surface area contributed by atoms with E-state index in [1.165, 1.54) is 11.9 Å². The number of H-pyrrole nitrogens is 1. The van der Waals surface area contributed by atoms with E-state index in [0.717, 1.165) is 23.2 Å². The molecule has 1 saturated heterocycles. The van der Waals surface area contributed by atoms with Gasteiger partial charge in [-0.15, -0.1) is 11.3 Å². The van der Waals surface area contributed by atoms with Crippen LogP contribution >= 0.6 is 11.3 Å². The van der Waals surface area contributed by atoms with Crippen molar-refractivity contribution in [1.29, 1.82) is 0 Å². The second-order valence-electron chi connectivity index (χ2n) is 9.04. The Balaban J connectivity index is 1.30. The topological polar surface area (TPSA) is 133 Å². The molecule has 0 aliphatic carbocycles. The summed E-state index contributed by atoms with van der Waals surface area (Å²) in [5, 5.41) is 11.9. The number of hydrogen-bond acceptors (Lipinski definition) is 7. The molecule has 10 nitrogen and oxygen atoms in total. The molecule has 5 rings (SSSR count). The Bertz CT molecular complexity index is 1390. The monoisotopic (exact) mass is 507 g/mol. The van der Waals surface area contributed by atoms with Crippen LogP contribution in [0.15, 0.2) is 63.6 Å². The van der Waals surface area contributed by atoms with E-state index < -0.39 is 0 Å². The number of piperidine rings is 1. The molecule has 36 heavy (non-hydrogen) atoms. The third kappa shape index (κ3) is 4.47. The summed E-state index contributed by atoms with van der Waals surface area (Å²) in [6, 6.07) is 5.51. The van der Waals surface area contributed by atoms with E-state index in [0.29, 0.717) is 37.5 Å². The molecule has 2 aliphatic rings. The van der Waals surface area contributed by atoms with Crippen LogP contribution in [0, 0.1) is 0 Å². The molecule has 1 atom stereocenters. The first-order chi connectivity index (χ1) is 17.5. The maximum atomic E-state index is 13.3. The van der Waals surface area contributed by atoms with Crippen molar-refractivity contribution >= 4 is 34.7 Å². The number of aliphatic hydroxyl groups is 1. The standard InChI is InChI=1S/C25H29N7O3S/c1-16(24(34)31-13-21-17(6-10-36-21)12-19(31)14-33)11-22(28-15-26)30-8-4-18(5-9-30)32-20-3-2-7-27-23(20)29-25(32)35/h2-3,6-7,10-11,15,18-19,33H,1,4-5,8-9,12-14H2,(H2,26,28)(H,27,29,35)/b22-11+. The minimum atomic E-state index is -0.286. The van der Waals surface area contributed by atoms with Gasteiger partial charge in [0.1, 0.15) is 5.82 Å². The average molecular weight is 508 g/mol. The van der Waals surface area contributed by atoms with Crippen LogP contribution in [0.3, 0.4) is 0 Å². The molecule has 188 valence electrons. The molecular formula is C25H29N7O3S. The normalized spacial score (nSPS) is 19.2. The number of aromatic nitrogens is 3. The Labute approximate surface area is 212 Å². The highest BCUT2D eigenvalue weighted by molar-refractivity contribution is 7.10. The molecule has 4 N–H and O–H groups in total. The zero-order chi connectivity index (χ0) is 25.2. The van der Waals surface area contributed by atoms with Crippen molar-refractivity contribution < 1.29 is 9.90 Å². The molecule has 3 aromatic rings. The number of carbonyl (C=O) groups excluding carboxylic acids is 1. The SMILES string of the molecule is C=C(/C=C(\N=CN)N1CCC(n2c(=O)[nH]c3ncccc32)CC1)C(=O)N1Cc2sccc2CC1CO. The van der Waals surface area contributed by atoms with Gasteiger partial charge >= 0.3 is 5.69 Å². The molecule has 0 aromatic carbocycles. The van der Waals surface area contributed by atoms with Crippen molar-refractivity contribution in [3.8, 4) is 0 Å². The number of aromatic amines is 1. The number of fused-ring (bicyclic) bond motifs is 2. The van der Waals surface area contributed by atoms with Gasteiger partial charge in [0.05, 0.1) is 31.0 Å². The molecule has 5 heterocycles. The van der Waals surface area contributed by atoms with Crippen LogP contribution in [0.5, 0.6) is 0 Å². The lowest BCUT2D eigenvalue weighted by molar-refractivity contribution is -0.131. The molecule has 3 aromatic heterocycles. The summed E-state index contributed by atoms with van der Waals surface area (Å²) in [4.78, 5) is 42.1. The maximum Gasteiger partial charge on any atom is 0.327 e. The zero-order valence-electron chi connectivity index (χ0n) is 19.8. The van der Waals surface area contributed by atoms with E-state index in [1.54, 1.807) is 33.1 Å². The lowest BCUT2D eigenvalue weighted by Crippen LogP contribution is -2.46. The van der Waals surface area contributed by atoms with Crippen LogP contribution < -0.4 is 11.4 Å². The van der Waals surface area contributed by atoms with E-state index >= 15 is 0 Å². The Kier molecular flexibility index (Phi) is 6.75. The lowest BCUT2D eigenvalue weighted by atomic mass is 9.99. The highest BCUT2D eigenvalue weighted by atomic mass is 32.1. The van der Waals surface area contributed by atoms with Gasteiger partial charge in [0.25, 0.3) is 5.91 Å². The van der Waals surface area contributed by atoms with Crippen molar-refractivity contribution in [3.05, 3.63) is 74.7 Å². The number of imidazole rings is 1. The second-order valence-corrected chi connectivity index (χ2v) is 10.0. The molecule has 2 aliphatic heterocycles. The third-order valence-corrected chi connectivity index (χ3v) is 7.90. The highest BCUT2D eigenvalue weighted by Crippen LogP contribution is 2.30. The van der Waals surface area contributed by atoms with Crippen LogP contribution in [-0.4, -0.2) is 67.4 Å². The molecule has 1 fully saturated rings. The number of amides is 1. The van der Waals surface area contributed by atoms with Gasteiger partial charge in [-0.05, 0) is 54.5 Å². The van der Waals surface area contributed by atoms with Gasteiger partial charge in [0.2, 0.25) is 0 Å². The van der Waals surface area contributed by atoms with Gasteiger partial charge in [-0.25, -0.2) is 14.8 Å². The van der Waals surface area contributed by atoms with Crippen molar-refractivity contribution in [2.75, 3.05) is 19.7 Å². The molecule has 0 radical (unpaired) electrons. The van der Waals surface area contributed by atoms with Crippen LogP contribution in [0.25, 0.3) is 11.2 Å². The predicted molar refractivity (Wildman–Crippen MR) is 140 cm³/mol. The Morgan fingerprint density at radius 2 is 2.17 bits per heavy atom. The number of nitrogens with one attached hydrogen (secondary N) is 1. The Hall–Kier alpha value is -3.70. The van der Waals surface area contributed by atoms with Gasteiger partial charge in [-0.2, -0.15) is 0 Å². The number of nitrogens with two attached hydrogens (primary N) is 1. The first-order valence-corrected chi connectivity index (χ1v) is 12.8. The molecule has 0 spiro atoms. The molecule has 11 heteroatoms. The van der Waals surface area contributed by atoms with E-state index in [9.17, 15) is 14.7 Å². The number of thiophene rings is 1. The number of aliphatic hydroxyl groups excluding tert-OH is 1. The Morgan fingerprint density at radius 3 is 2.92 bits per heavy atom. The lowest BCUT2D eigenvalue weighted by Gasteiger charge is -2.35. The number of likely N-dealkylation sites (tertiary alicyclic amines) is 1. The first kappa shape index (κ1) is 24.0. The van der Waals surface area contributed by atoms with Crippen LogP contribution in [0.1, 0.15) is 29.3 Å². The van der Waals surface area contributed by atoms with E-state index in [4.69, 9.17) is 5.73 Å². The molecule has 0 saturated carbocycles. The minimum absolute atomic E-state index is 0.0262. The summed E-state index contributed by atoms with van der Waals surface area (Å²) < 4.78 is 1.78. The average Bonchev–Trinajstić information content (AvgIpc) is 3.49. The fourth-order valence-corrected chi connectivity index (χ4v) is 6.01. The van der Waals surface area contributed by atoms with Crippen molar-refractivity contribution in [2.45, 2.75) is 37.9 Å². The summed E-state index contributed by atoms with van der Waals surface area (Å²) in [7, 11) is 0. The van der Waals surface area contributed by atoms with E-state index in [2.05, 4.69) is 27.6 Å². The van der Waals surface area contributed by atoms with Crippen LogP contribution in [0.4, 0.5) is 0 Å². The highest BCUT2D eigenvalue weighted by Gasteiger charge is 2.31. The first-order valence-electron chi connectivity index (χ1n) is 11.9. The van der Waals surface area contributed by atoms with Gasteiger partial charge in [0.15, 0.2) is 5.65 Å². The largest absolute Gasteiger partial charge is 0.394 e. The maximum absolute atomic E-state index is 13.3. The summed E-state index contributed by atoms with van der Waals surface area (Å²) in [5.41, 5.74) is 8.32. The summed E-state index contributed by atoms with van der Waals surface area (Å²) in [6.07, 6.45) is 6.60. The van der Waals surface area contributed by atoms with Crippen molar-refractivity contribution in [2.24, 2.45) is 10.7 Å². The fraction of sp³-hybridized carbons (Fsp3) is 0.360. The number of hydrogen-bond donors (Lipinski definition) is 3. The fourth-order valence-electron chi connectivity index (χ4n) is 5.10. The number of carbonyl (C=O) groups is 1. The molecule has 0 bridgehead atoms. The number of nitrogens with zero attached hydrogens (tertiary/aromatic N) is 5. The zero-order valence-corrected chi connectivity index (χ0v) is 20.7. The quantitative estimate of drug-likeness (QED) is 0.202. The van der Waals surface area contributed by atoms with Crippen LogP contribution in [-0.2, 0) is 17.8 Å². The van der Waals surface area contributed by atoms with Gasteiger partial charge < -0.3 is 20.6 Å². The second kappa shape index (κ2) is 10.1. The van der Waals surface area contributed by atoms with Crippen molar-refractivity contribution in [3.63, 3.8) is 0 Å². The third-order valence-electron chi connectivity index (χ3n) is 6.95. The van der Waals surface area contributed by atoms with Gasteiger partial charge in [0, 0.05) is 35.8 Å². The molecular weight excluding hydrogens is 478 g/mol. The summed E-state index contributed by atoms with van der Waals surface area (Å²) >= 11 is 1.62.